The van der Waals surface area contributed by atoms with Gasteiger partial charge in [-0.2, -0.15) is 0 Å². The van der Waals surface area contributed by atoms with Crippen molar-refractivity contribution in [3.05, 3.63) is 89.4 Å². The molecule has 2 aromatic rings. The molecule has 1 heterocycles. The van der Waals surface area contributed by atoms with Crippen LogP contribution in [0.15, 0.2) is 72.7 Å². The van der Waals surface area contributed by atoms with Gasteiger partial charge in [-0.05, 0) is 81.0 Å². The van der Waals surface area contributed by atoms with Crippen LogP contribution in [0, 0.1) is 12.8 Å². The van der Waals surface area contributed by atoms with Crippen molar-refractivity contribution in [3.8, 4) is 0 Å². The third kappa shape index (κ3) is 8.82. The lowest BCUT2D eigenvalue weighted by molar-refractivity contribution is 0.101. The van der Waals surface area contributed by atoms with Crippen LogP contribution in [0.5, 0.6) is 0 Å². The van der Waals surface area contributed by atoms with Crippen LogP contribution < -0.4 is 9.80 Å². The average Bonchev–Trinajstić information content (AvgIpc) is 3.04. The monoisotopic (exact) mass is 477 g/mol. The maximum Gasteiger partial charge on any atom is 0.161 e. The molecule has 0 saturated heterocycles. The van der Waals surface area contributed by atoms with Crippen LogP contribution in [0.3, 0.4) is 0 Å². The highest BCUT2D eigenvalue weighted by molar-refractivity contribution is 5.93. The van der Waals surface area contributed by atoms with Crippen molar-refractivity contribution < 1.29 is 9.18 Å². The van der Waals surface area contributed by atoms with Gasteiger partial charge in [-0.1, -0.05) is 44.2 Å². The van der Waals surface area contributed by atoms with Crippen LogP contribution >= 0.6 is 0 Å². The zero-order chi connectivity index (χ0) is 25.8. The Kier molecular flexibility index (Phi) is 11.4. The van der Waals surface area contributed by atoms with Crippen molar-refractivity contribution in [2.24, 2.45) is 5.92 Å². The fraction of sp³-hybridized carbons (Fsp3) is 0.400. The zero-order valence-electron chi connectivity index (χ0n) is 22.1. The fourth-order valence-corrected chi connectivity index (χ4v) is 4.03. The number of Topliss-reactive ketones (excluding diaryl/α,β-unsaturated/α-hetero) is 1. The Hall–Kier alpha value is -3.21. The number of hydrogen-bond acceptors (Lipinski definition) is 4. The van der Waals surface area contributed by atoms with Gasteiger partial charge in [-0.3, -0.25) is 4.79 Å². The van der Waals surface area contributed by atoms with E-state index in [1.54, 1.807) is 19.2 Å². The summed E-state index contributed by atoms with van der Waals surface area (Å²) < 4.78 is 12.3. The first kappa shape index (κ1) is 28.0. The van der Waals surface area contributed by atoms with E-state index in [0.717, 1.165) is 38.3 Å². The Labute approximate surface area is 210 Å². The number of benzene rings is 1. The molecule has 0 bridgehead atoms. The normalized spacial score (nSPS) is 14.5. The third-order valence-electron chi connectivity index (χ3n) is 6.16. The van der Waals surface area contributed by atoms with Gasteiger partial charge in [-0.15, -0.1) is 0 Å². The summed E-state index contributed by atoms with van der Waals surface area (Å²) in [7, 11) is 2.17. The molecule has 1 unspecified atom stereocenters. The number of carbonyl (C=O) groups is 1. The molecular weight excluding hydrogens is 437 g/mol. The van der Waals surface area contributed by atoms with Crippen LogP contribution in [-0.2, 0) is 6.42 Å². The Morgan fingerprint density at radius 1 is 1.11 bits per heavy atom. The van der Waals surface area contributed by atoms with Crippen molar-refractivity contribution in [1.82, 2.24) is 4.98 Å². The summed E-state index contributed by atoms with van der Waals surface area (Å²) >= 11 is 0. The molecule has 4 nitrogen and oxygen atoms in total. The number of ketones is 1. The van der Waals surface area contributed by atoms with E-state index in [9.17, 15) is 9.18 Å². The van der Waals surface area contributed by atoms with Crippen LogP contribution in [0.4, 0.5) is 15.9 Å². The lowest BCUT2D eigenvalue weighted by Gasteiger charge is -2.26. The van der Waals surface area contributed by atoms with Gasteiger partial charge in [0.1, 0.15) is 11.6 Å². The van der Waals surface area contributed by atoms with Gasteiger partial charge in [0.2, 0.25) is 0 Å². The quantitative estimate of drug-likeness (QED) is 0.361. The summed E-state index contributed by atoms with van der Waals surface area (Å²) in [6.07, 6.45) is 12.2. The SMILES string of the molecule is CC1C=CC=C(F)C=C1.CCc1c(C)cccc1N(C)CCCN(CC)c1ccc(C(C)=O)cn1. The predicted molar refractivity (Wildman–Crippen MR) is 147 cm³/mol. The van der Waals surface area contributed by atoms with E-state index >= 15 is 0 Å². The Balaban J connectivity index is 0.000000402. The minimum absolute atomic E-state index is 0.0543. The number of anilines is 2. The largest absolute Gasteiger partial charge is 0.374 e. The maximum absolute atomic E-state index is 12.3. The fourth-order valence-electron chi connectivity index (χ4n) is 4.03. The first-order valence-electron chi connectivity index (χ1n) is 12.5. The number of nitrogens with zero attached hydrogens (tertiary/aromatic N) is 3. The van der Waals surface area contributed by atoms with Gasteiger partial charge >= 0.3 is 0 Å². The van der Waals surface area contributed by atoms with Gasteiger partial charge in [0, 0.05) is 44.1 Å². The predicted octanol–water partition coefficient (Wildman–Crippen LogP) is 7.11. The average molecular weight is 478 g/mol. The van der Waals surface area contributed by atoms with Gasteiger partial charge in [-0.25, -0.2) is 9.37 Å². The molecule has 35 heavy (non-hydrogen) atoms. The lowest BCUT2D eigenvalue weighted by Crippen LogP contribution is -2.29. The second-order valence-electron chi connectivity index (χ2n) is 8.90. The van der Waals surface area contributed by atoms with E-state index in [1.165, 1.54) is 29.0 Å². The van der Waals surface area contributed by atoms with Crippen molar-refractivity contribution in [2.75, 3.05) is 36.5 Å². The first-order chi connectivity index (χ1) is 16.8. The van der Waals surface area contributed by atoms with Gasteiger partial charge in [0.15, 0.2) is 5.78 Å². The molecule has 1 aromatic heterocycles. The molecule has 0 amide bonds. The molecule has 0 fully saturated rings. The van der Waals surface area contributed by atoms with E-state index in [4.69, 9.17) is 0 Å². The molecule has 5 heteroatoms. The molecule has 0 spiro atoms. The lowest BCUT2D eigenvalue weighted by atomic mass is 10.0. The molecular formula is C30H40FN3O. The molecule has 1 aliphatic carbocycles. The zero-order valence-corrected chi connectivity index (χ0v) is 22.1. The number of rotatable bonds is 9. The van der Waals surface area contributed by atoms with Gasteiger partial charge in [0.05, 0.1) is 0 Å². The summed E-state index contributed by atoms with van der Waals surface area (Å²) in [4.78, 5) is 20.5. The standard InChI is InChI=1S/C22H31N3O.C8H9F/c1-6-20-17(3)10-8-11-21(20)24(5)14-9-15-25(7-2)22-13-12-19(16-23-22)18(4)26;1-7-3-2-4-8(9)6-5-7/h8,10-13,16H,6-7,9,14-15H2,1-5H3;2-7H,1H3. The molecule has 0 saturated carbocycles. The first-order valence-corrected chi connectivity index (χ1v) is 12.5. The molecule has 188 valence electrons. The Morgan fingerprint density at radius 2 is 1.89 bits per heavy atom. The molecule has 1 atom stereocenters. The van der Waals surface area contributed by atoms with Crippen LogP contribution in [0.1, 0.15) is 55.6 Å². The topological polar surface area (TPSA) is 36.4 Å². The highest BCUT2D eigenvalue weighted by atomic mass is 19.1. The number of pyridine rings is 1. The van der Waals surface area contributed by atoms with Crippen molar-refractivity contribution in [1.29, 1.82) is 0 Å². The number of halogens is 1. The Morgan fingerprint density at radius 3 is 2.51 bits per heavy atom. The summed E-state index contributed by atoms with van der Waals surface area (Å²) in [5.41, 5.74) is 4.79. The van der Waals surface area contributed by atoms with E-state index in [1.807, 2.05) is 31.2 Å². The number of hydrogen-bond donors (Lipinski definition) is 0. The summed E-state index contributed by atoms with van der Waals surface area (Å²) in [6.45, 7) is 13.0. The number of aryl methyl sites for hydroxylation is 1. The second-order valence-corrected chi connectivity index (χ2v) is 8.90. The molecule has 1 aromatic carbocycles. The summed E-state index contributed by atoms with van der Waals surface area (Å²) in [6, 6.07) is 10.3. The van der Waals surface area contributed by atoms with Gasteiger partial charge in [0.25, 0.3) is 0 Å². The number of aromatic nitrogens is 1. The minimum atomic E-state index is -0.171. The van der Waals surface area contributed by atoms with Crippen molar-refractivity contribution >= 4 is 17.3 Å². The number of allylic oxidation sites excluding steroid dienone is 6. The third-order valence-corrected chi connectivity index (χ3v) is 6.16. The maximum atomic E-state index is 12.3. The molecule has 0 aliphatic heterocycles. The van der Waals surface area contributed by atoms with E-state index in [0.29, 0.717) is 11.5 Å². The molecule has 0 radical (unpaired) electrons. The van der Waals surface area contributed by atoms with Crippen LogP contribution in [-0.4, -0.2) is 37.4 Å². The van der Waals surface area contributed by atoms with E-state index in [-0.39, 0.29) is 11.6 Å². The molecule has 3 rings (SSSR count). The highest BCUT2D eigenvalue weighted by Crippen LogP contribution is 2.23. The van der Waals surface area contributed by atoms with E-state index < -0.39 is 0 Å². The number of carbonyl (C=O) groups excluding carboxylic acids is 1. The molecule has 0 N–H and O–H groups in total. The minimum Gasteiger partial charge on any atom is -0.374 e. The second kappa shape index (κ2) is 14.2. The van der Waals surface area contributed by atoms with Crippen molar-refractivity contribution in [2.45, 2.75) is 47.5 Å². The van der Waals surface area contributed by atoms with Crippen LogP contribution in [0.2, 0.25) is 0 Å². The van der Waals surface area contributed by atoms with Gasteiger partial charge < -0.3 is 9.80 Å². The molecule has 1 aliphatic rings. The van der Waals surface area contributed by atoms with Crippen LogP contribution in [0.25, 0.3) is 0 Å². The van der Waals surface area contributed by atoms with E-state index in [2.05, 4.69) is 60.8 Å². The summed E-state index contributed by atoms with van der Waals surface area (Å²) in [5, 5.41) is 0. The summed E-state index contributed by atoms with van der Waals surface area (Å²) in [5.74, 6) is 1.17. The smallest absolute Gasteiger partial charge is 0.161 e. The van der Waals surface area contributed by atoms with Crippen molar-refractivity contribution in [3.63, 3.8) is 0 Å². The Bertz CT molecular complexity index is 1040. The highest BCUT2D eigenvalue weighted by Gasteiger charge is 2.10.